The maximum Gasteiger partial charge on any atom is 0.455 e. The van der Waals surface area contributed by atoms with Gasteiger partial charge in [0.25, 0.3) is 5.82 Å². The van der Waals surface area contributed by atoms with E-state index in [0.29, 0.717) is 42.5 Å². The van der Waals surface area contributed by atoms with Crippen LogP contribution in [0.15, 0.2) is 35.4 Å². The van der Waals surface area contributed by atoms with E-state index in [4.69, 9.17) is 14.5 Å². The number of pyridine rings is 1. The lowest BCUT2D eigenvalue weighted by atomic mass is 10.2. The van der Waals surface area contributed by atoms with Gasteiger partial charge in [0.2, 0.25) is 5.95 Å². The van der Waals surface area contributed by atoms with Crippen LogP contribution in [0.5, 0.6) is 5.75 Å². The Morgan fingerprint density at radius 3 is 2.69 bits per heavy atom. The van der Waals surface area contributed by atoms with Crippen LogP contribution in [0.4, 0.5) is 25.1 Å². The molecule has 3 aromatic heterocycles. The lowest BCUT2D eigenvalue weighted by Gasteiger charge is -2.38. The Kier molecular flexibility index (Phi) is 5.76. The normalized spacial score (nSPS) is 16.7. The SMILES string of the molecule is CC1CN(c2nc(C(F)(F)F)no2)CCN1c1ncc(OCc2ccncc2C#N)cn1. The van der Waals surface area contributed by atoms with Gasteiger partial charge in [0.15, 0.2) is 5.75 Å². The summed E-state index contributed by atoms with van der Waals surface area (Å²) >= 11 is 0. The fourth-order valence-corrected chi connectivity index (χ4v) is 3.23. The number of aromatic nitrogens is 5. The summed E-state index contributed by atoms with van der Waals surface area (Å²) in [5.41, 5.74) is 1.13. The van der Waals surface area contributed by atoms with Crippen molar-refractivity contribution in [2.45, 2.75) is 25.7 Å². The second-order valence-electron chi connectivity index (χ2n) is 7.04. The number of anilines is 2. The van der Waals surface area contributed by atoms with Crippen LogP contribution >= 0.6 is 0 Å². The molecule has 0 bridgehead atoms. The molecule has 166 valence electrons. The van der Waals surface area contributed by atoms with Crippen molar-refractivity contribution in [1.82, 2.24) is 25.1 Å². The van der Waals surface area contributed by atoms with Crippen LogP contribution in [-0.4, -0.2) is 50.8 Å². The minimum atomic E-state index is -4.65. The first-order valence-electron chi connectivity index (χ1n) is 9.55. The molecule has 0 saturated carbocycles. The van der Waals surface area contributed by atoms with E-state index >= 15 is 0 Å². The van der Waals surface area contributed by atoms with E-state index in [0.717, 1.165) is 0 Å². The first-order chi connectivity index (χ1) is 15.3. The molecule has 4 heterocycles. The first-order valence-corrected chi connectivity index (χ1v) is 9.55. The molecule has 32 heavy (non-hydrogen) atoms. The van der Waals surface area contributed by atoms with Crippen LogP contribution in [-0.2, 0) is 12.8 Å². The number of rotatable bonds is 5. The number of hydrogen-bond acceptors (Lipinski definition) is 10. The monoisotopic (exact) mass is 446 g/mol. The van der Waals surface area contributed by atoms with Crippen molar-refractivity contribution in [3.63, 3.8) is 0 Å². The highest BCUT2D eigenvalue weighted by atomic mass is 19.4. The maximum atomic E-state index is 12.7. The summed E-state index contributed by atoms with van der Waals surface area (Å²) in [7, 11) is 0. The zero-order chi connectivity index (χ0) is 22.7. The Hall–Kier alpha value is -3.95. The Bertz CT molecular complexity index is 1110. The van der Waals surface area contributed by atoms with E-state index < -0.39 is 12.0 Å². The zero-order valence-corrected chi connectivity index (χ0v) is 16.8. The second-order valence-corrected chi connectivity index (χ2v) is 7.04. The van der Waals surface area contributed by atoms with E-state index in [1.165, 1.54) is 18.6 Å². The molecule has 1 fully saturated rings. The van der Waals surface area contributed by atoms with Crippen LogP contribution in [0.25, 0.3) is 0 Å². The summed E-state index contributed by atoms with van der Waals surface area (Å²) in [5.74, 6) is -0.394. The number of ether oxygens (including phenoxy) is 1. The Morgan fingerprint density at radius 1 is 1.25 bits per heavy atom. The van der Waals surface area contributed by atoms with Crippen molar-refractivity contribution >= 4 is 12.0 Å². The van der Waals surface area contributed by atoms with Crippen molar-refractivity contribution in [3.05, 3.63) is 47.8 Å². The summed E-state index contributed by atoms with van der Waals surface area (Å²) in [6.07, 6.45) is 1.46. The molecular formula is C19H17F3N8O2. The van der Waals surface area contributed by atoms with Gasteiger partial charge in [0.05, 0.1) is 18.0 Å². The number of nitrogens with zero attached hydrogens (tertiary/aromatic N) is 8. The molecule has 0 aromatic carbocycles. The highest BCUT2D eigenvalue weighted by molar-refractivity contribution is 5.39. The first kappa shape index (κ1) is 21.3. The van der Waals surface area contributed by atoms with Gasteiger partial charge in [-0.3, -0.25) is 4.98 Å². The predicted molar refractivity (Wildman–Crippen MR) is 104 cm³/mol. The number of nitriles is 1. The zero-order valence-electron chi connectivity index (χ0n) is 16.8. The molecule has 1 atom stereocenters. The average molecular weight is 446 g/mol. The molecule has 1 aliphatic heterocycles. The van der Waals surface area contributed by atoms with E-state index in [1.807, 2.05) is 11.8 Å². The molecule has 0 N–H and O–H groups in total. The van der Waals surface area contributed by atoms with Gasteiger partial charge in [0.1, 0.15) is 12.7 Å². The highest BCUT2D eigenvalue weighted by Crippen LogP contribution is 2.29. The summed E-state index contributed by atoms with van der Waals surface area (Å²) < 4.78 is 48.5. The molecule has 10 nitrogen and oxygen atoms in total. The Balaban J connectivity index is 1.37. The van der Waals surface area contributed by atoms with Gasteiger partial charge in [-0.15, -0.1) is 0 Å². The van der Waals surface area contributed by atoms with Crippen LogP contribution in [0.2, 0.25) is 0 Å². The quantitative estimate of drug-likeness (QED) is 0.578. The van der Waals surface area contributed by atoms with E-state index in [1.54, 1.807) is 17.2 Å². The highest BCUT2D eigenvalue weighted by Gasteiger charge is 2.38. The van der Waals surface area contributed by atoms with Crippen molar-refractivity contribution in [1.29, 1.82) is 5.26 Å². The van der Waals surface area contributed by atoms with Gasteiger partial charge in [-0.2, -0.15) is 23.4 Å². The standard InChI is InChI=1S/C19H17F3N8O2/c1-12-10-29(18-27-16(28-32-18)19(20,21)22)4-5-30(12)17-25-8-15(9-26-17)31-11-13-2-3-24-7-14(13)6-23/h2-3,7-9,12H,4-5,10-11H2,1H3. The molecule has 0 spiro atoms. The number of halogens is 3. The number of piperazine rings is 1. The van der Waals surface area contributed by atoms with E-state index in [-0.39, 0.29) is 18.7 Å². The molecule has 0 amide bonds. The Labute approximate surface area is 180 Å². The number of alkyl halides is 3. The van der Waals surface area contributed by atoms with Gasteiger partial charge in [-0.1, -0.05) is 0 Å². The Morgan fingerprint density at radius 2 is 2.03 bits per heavy atom. The molecule has 0 aliphatic carbocycles. The molecule has 1 aliphatic rings. The molecule has 3 aromatic rings. The van der Waals surface area contributed by atoms with Gasteiger partial charge in [0, 0.05) is 43.6 Å². The van der Waals surface area contributed by atoms with Crippen molar-refractivity contribution in [3.8, 4) is 11.8 Å². The molecule has 1 unspecified atom stereocenters. The third-order valence-corrected chi connectivity index (χ3v) is 4.86. The topological polar surface area (TPSA) is 117 Å². The minimum absolute atomic E-state index is 0.119. The van der Waals surface area contributed by atoms with Crippen LogP contribution in [0.3, 0.4) is 0 Å². The predicted octanol–water partition coefficient (Wildman–Crippen LogP) is 2.44. The van der Waals surface area contributed by atoms with Crippen LogP contribution in [0.1, 0.15) is 23.9 Å². The summed E-state index contributed by atoms with van der Waals surface area (Å²) in [6, 6.07) is 3.48. The fourth-order valence-electron chi connectivity index (χ4n) is 3.23. The lowest BCUT2D eigenvalue weighted by Crippen LogP contribution is -2.52. The smallest absolute Gasteiger partial charge is 0.455 e. The van der Waals surface area contributed by atoms with Crippen LogP contribution < -0.4 is 14.5 Å². The summed E-state index contributed by atoms with van der Waals surface area (Å²) in [6.45, 7) is 3.25. The minimum Gasteiger partial charge on any atom is -0.486 e. The lowest BCUT2D eigenvalue weighted by molar-refractivity contribution is -0.146. The van der Waals surface area contributed by atoms with Crippen molar-refractivity contribution < 1.29 is 22.4 Å². The largest absolute Gasteiger partial charge is 0.486 e. The van der Waals surface area contributed by atoms with Gasteiger partial charge >= 0.3 is 12.2 Å². The molecule has 0 radical (unpaired) electrons. The third-order valence-electron chi connectivity index (χ3n) is 4.86. The second kappa shape index (κ2) is 8.66. The van der Waals surface area contributed by atoms with E-state index in [9.17, 15) is 13.2 Å². The fraction of sp³-hybridized carbons (Fsp3) is 0.368. The maximum absolute atomic E-state index is 12.7. The average Bonchev–Trinajstić information content (AvgIpc) is 3.29. The third kappa shape index (κ3) is 4.53. The molecule has 1 saturated heterocycles. The van der Waals surface area contributed by atoms with Crippen molar-refractivity contribution in [2.75, 3.05) is 29.4 Å². The van der Waals surface area contributed by atoms with Crippen LogP contribution in [0, 0.1) is 11.3 Å². The number of hydrogen-bond donors (Lipinski definition) is 0. The van der Waals surface area contributed by atoms with Gasteiger partial charge in [-0.25, -0.2) is 9.97 Å². The van der Waals surface area contributed by atoms with Gasteiger partial charge in [-0.05, 0) is 18.1 Å². The summed E-state index contributed by atoms with van der Waals surface area (Å²) in [5, 5.41) is 12.1. The molecule has 13 heteroatoms. The van der Waals surface area contributed by atoms with Crippen molar-refractivity contribution in [2.24, 2.45) is 0 Å². The molecule has 4 rings (SSSR count). The summed E-state index contributed by atoms with van der Waals surface area (Å²) in [4.78, 5) is 19.5. The molecular weight excluding hydrogens is 429 g/mol. The van der Waals surface area contributed by atoms with E-state index in [2.05, 4.69) is 31.2 Å². The van der Waals surface area contributed by atoms with Gasteiger partial charge < -0.3 is 19.1 Å².